The molecule has 4 rings (SSSR count). The van der Waals surface area contributed by atoms with Gasteiger partial charge in [0.25, 0.3) is 5.56 Å². The molecule has 0 aliphatic heterocycles. The summed E-state index contributed by atoms with van der Waals surface area (Å²) in [5.41, 5.74) is 2.61. The Bertz CT molecular complexity index is 1250. The number of benzene rings is 2. The number of rotatable bonds is 7. The van der Waals surface area contributed by atoms with Crippen LogP contribution in [0.4, 0.5) is 0 Å². The maximum atomic E-state index is 12.8. The minimum absolute atomic E-state index is 0.153. The number of carbonyl (C=O) groups excluding carboxylic acids is 1. The summed E-state index contributed by atoms with van der Waals surface area (Å²) >= 11 is 0. The van der Waals surface area contributed by atoms with Gasteiger partial charge in [-0.05, 0) is 41.8 Å². The Morgan fingerprint density at radius 3 is 2.58 bits per heavy atom. The molecular formula is C23H23N5O3. The predicted octanol–water partition coefficient (Wildman–Crippen LogP) is 2.49. The van der Waals surface area contributed by atoms with Gasteiger partial charge in [-0.15, -0.1) is 0 Å². The molecule has 0 saturated carbocycles. The van der Waals surface area contributed by atoms with Crippen molar-refractivity contribution in [3.8, 4) is 17.0 Å². The standard InChI is InChI=1S/C23H23N5O3/c1-16(17-6-4-3-5-7-17)13-24-22(29)14-27-23(30)21-12-20(26-28(21)15-25-27)18-8-10-19(31-2)11-9-18/h3-12,15-16H,13-14H2,1-2H3,(H,24,29)/t16-/m1/s1. The van der Waals surface area contributed by atoms with Crippen LogP contribution in [0.5, 0.6) is 5.75 Å². The van der Waals surface area contributed by atoms with Crippen LogP contribution in [-0.4, -0.2) is 39.0 Å². The molecule has 0 fully saturated rings. The fourth-order valence-corrected chi connectivity index (χ4v) is 3.31. The van der Waals surface area contributed by atoms with Gasteiger partial charge >= 0.3 is 0 Å². The zero-order valence-corrected chi connectivity index (χ0v) is 17.4. The lowest BCUT2D eigenvalue weighted by Gasteiger charge is -2.13. The maximum Gasteiger partial charge on any atom is 0.293 e. The lowest BCUT2D eigenvalue weighted by Crippen LogP contribution is -2.35. The quantitative estimate of drug-likeness (QED) is 0.499. The topological polar surface area (TPSA) is 90.5 Å². The molecule has 0 aliphatic carbocycles. The molecule has 0 bridgehead atoms. The number of nitrogens with one attached hydrogen (secondary N) is 1. The van der Waals surface area contributed by atoms with Gasteiger partial charge in [0.1, 0.15) is 24.1 Å². The normalized spacial score (nSPS) is 11.9. The Labute approximate surface area is 179 Å². The summed E-state index contributed by atoms with van der Waals surface area (Å²) in [6.45, 7) is 2.37. The van der Waals surface area contributed by atoms with Gasteiger partial charge in [-0.1, -0.05) is 37.3 Å². The third-order valence-corrected chi connectivity index (χ3v) is 5.14. The van der Waals surface area contributed by atoms with Gasteiger partial charge < -0.3 is 10.1 Å². The second-order valence-corrected chi connectivity index (χ2v) is 7.30. The SMILES string of the molecule is COc1ccc(-c2cc3c(=O)n(CC(=O)NC[C@@H](C)c4ccccc4)ncn3n2)cc1. The fourth-order valence-electron chi connectivity index (χ4n) is 3.31. The Morgan fingerprint density at radius 2 is 1.87 bits per heavy atom. The zero-order chi connectivity index (χ0) is 21.8. The molecule has 8 heteroatoms. The zero-order valence-electron chi connectivity index (χ0n) is 17.4. The molecule has 0 unspecified atom stereocenters. The average Bonchev–Trinajstić information content (AvgIpc) is 3.25. The number of methoxy groups -OCH3 is 1. The van der Waals surface area contributed by atoms with Crippen LogP contribution in [-0.2, 0) is 11.3 Å². The second-order valence-electron chi connectivity index (χ2n) is 7.30. The number of aromatic nitrogens is 4. The van der Waals surface area contributed by atoms with E-state index in [4.69, 9.17) is 4.74 Å². The Hall–Kier alpha value is -3.94. The van der Waals surface area contributed by atoms with Crippen molar-refractivity contribution in [1.82, 2.24) is 24.7 Å². The smallest absolute Gasteiger partial charge is 0.293 e. The summed E-state index contributed by atoms with van der Waals surface area (Å²) in [5.74, 6) is 0.639. The number of fused-ring (bicyclic) bond motifs is 1. The summed E-state index contributed by atoms with van der Waals surface area (Å²) in [6.07, 6.45) is 1.43. The minimum Gasteiger partial charge on any atom is -0.497 e. The van der Waals surface area contributed by atoms with E-state index in [0.29, 0.717) is 17.8 Å². The predicted molar refractivity (Wildman–Crippen MR) is 117 cm³/mol. The van der Waals surface area contributed by atoms with Gasteiger partial charge in [0.05, 0.1) is 12.8 Å². The third-order valence-electron chi connectivity index (χ3n) is 5.14. The third kappa shape index (κ3) is 4.48. The van der Waals surface area contributed by atoms with Crippen molar-refractivity contribution >= 4 is 11.4 Å². The van der Waals surface area contributed by atoms with Crippen molar-refractivity contribution in [3.63, 3.8) is 0 Å². The summed E-state index contributed by atoms with van der Waals surface area (Å²) < 4.78 is 7.74. The van der Waals surface area contributed by atoms with E-state index in [1.54, 1.807) is 13.2 Å². The number of hydrogen-bond donors (Lipinski definition) is 1. The summed E-state index contributed by atoms with van der Waals surface area (Å²) in [4.78, 5) is 25.2. The number of hydrogen-bond acceptors (Lipinski definition) is 5. The van der Waals surface area contributed by atoms with E-state index >= 15 is 0 Å². The van der Waals surface area contributed by atoms with Crippen LogP contribution in [0.2, 0.25) is 0 Å². The van der Waals surface area contributed by atoms with Crippen molar-refractivity contribution in [3.05, 3.63) is 82.9 Å². The van der Waals surface area contributed by atoms with Crippen LogP contribution in [0.15, 0.2) is 71.8 Å². The molecule has 0 radical (unpaired) electrons. The maximum absolute atomic E-state index is 12.8. The van der Waals surface area contributed by atoms with Gasteiger partial charge in [-0.2, -0.15) is 10.2 Å². The summed E-state index contributed by atoms with van der Waals surface area (Å²) in [5, 5.41) is 11.4. The molecule has 158 valence electrons. The van der Waals surface area contributed by atoms with E-state index in [2.05, 4.69) is 15.5 Å². The first-order chi connectivity index (χ1) is 15.0. The van der Waals surface area contributed by atoms with Crippen molar-refractivity contribution < 1.29 is 9.53 Å². The highest BCUT2D eigenvalue weighted by molar-refractivity contribution is 5.75. The molecule has 2 aromatic heterocycles. The molecular weight excluding hydrogens is 394 g/mol. The first-order valence-electron chi connectivity index (χ1n) is 9.96. The van der Waals surface area contributed by atoms with E-state index in [-0.39, 0.29) is 23.9 Å². The molecule has 1 amide bonds. The molecule has 0 spiro atoms. The molecule has 2 heterocycles. The summed E-state index contributed by atoms with van der Waals surface area (Å²) in [7, 11) is 1.60. The molecule has 0 aliphatic rings. The lowest BCUT2D eigenvalue weighted by atomic mass is 10.0. The van der Waals surface area contributed by atoms with Crippen molar-refractivity contribution in [2.75, 3.05) is 13.7 Å². The van der Waals surface area contributed by atoms with E-state index in [1.165, 1.54) is 10.8 Å². The first-order valence-corrected chi connectivity index (χ1v) is 9.96. The number of ether oxygens (including phenoxy) is 1. The van der Waals surface area contributed by atoms with Crippen LogP contribution < -0.4 is 15.6 Å². The number of nitrogens with zero attached hydrogens (tertiary/aromatic N) is 4. The molecule has 31 heavy (non-hydrogen) atoms. The van der Waals surface area contributed by atoms with Crippen LogP contribution in [0.1, 0.15) is 18.4 Å². The van der Waals surface area contributed by atoms with E-state index in [0.717, 1.165) is 21.6 Å². The number of amides is 1. The van der Waals surface area contributed by atoms with Crippen molar-refractivity contribution in [2.45, 2.75) is 19.4 Å². The molecule has 2 aromatic carbocycles. The highest BCUT2D eigenvalue weighted by atomic mass is 16.5. The Kier molecular flexibility index (Phi) is 5.79. The Balaban J connectivity index is 1.47. The molecule has 4 aromatic rings. The molecule has 1 atom stereocenters. The van der Waals surface area contributed by atoms with Crippen LogP contribution >= 0.6 is 0 Å². The van der Waals surface area contributed by atoms with Crippen molar-refractivity contribution in [2.24, 2.45) is 0 Å². The molecule has 0 saturated heterocycles. The van der Waals surface area contributed by atoms with Gasteiger partial charge in [-0.25, -0.2) is 9.20 Å². The van der Waals surface area contributed by atoms with E-state index in [1.807, 2.05) is 61.5 Å². The van der Waals surface area contributed by atoms with Crippen LogP contribution in [0.25, 0.3) is 16.8 Å². The van der Waals surface area contributed by atoms with Crippen molar-refractivity contribution in [1.29, 1.82) is 0 Å². The largest absolute Gasteiger partial charge is 0.497 e. The van der Waals surface area contributed by atoms with E-state index in [9.17, 15) is 9.59 Å². The van der Waals surface area contributed by atoms with Gasteiger partial charge in [0, 0.05) is 12.1 Å². The summed E-state index contributed by atoms with van der Waals surface area (Å²) in [6, 6.07) is 19.0. The molecule has 8 nitrogen and oxygen atoms in total. The minimum atomic E-state index is -0.374. The Morgan fingerprint density at radius 1 is 1.13 bits per heavy atom. The first kappa shape index (κ1) is 20.3. The molecule has 1 N–H and O–H groups in total. The number of carbonyl (C=O) groups is 1. The van der Waals surface area contributed by atoms with Gasteiger partial charge in [0.2, 0.25) is 5.91 Å². The monoisotopic (exact) mass is 417 g/mol. The fraction of sp³-hybridized carbons (Fsp3) is 0.217. The highest BCUT2D eigenvalue weighted by Gasteiger charge is 2.13. The van der Waals surface area contributed by atoms with Gasteiger partial charge in [0.15, 0.2) is 0 Å². The van der Waals surface area contributed by atoms with Crippen LogP contribution in [0.3, 0.4) is 0 Å². The lowest BCUT2D eigenvalue weighted by molar-refractivity contribution is -0.121. The van der Waals surface area contributed by atoms with Crippen LogP contribution in [0, 0.1) is 0 Å². The van der Waals surface area contributed by atoms with Gasteiger partial charge in [-0.3, -0.25) is 9.59 Å². The second kappa shape index (κ2) is 8.83. The average molecular weight is 417 g/mol. The highest BCUT2D eigenvalue weighted by Crippen LogP contribution is 2.21. The van der Waals surface area contributed by atoms with E-state index < -0.39 is 0 Å².